The van der Waals surface area contributed by atoms with E-state index in [9.17, 15) is 0 Å². The highest BCUT2D eigenvalue weighted by molar-refractivity contribution is 5.62. The molecule has 20 heavy (non-hydrogen) atoms. The molecule has 1 heterocycles. The molecule has 1 aromatic heterocycles. The predicted octanol–water partition coefficient (Wildman–Crippen LogP) is 3.73. The number of rotatable bonds is 4. The summed E-state index contributed by atoms with van der Waals surface area (Å²) in [5, 5.41) is 3.61. The van der Waals surface area contributed by atoms with Crippen molar-refractivity contribution in [3.63, 3.8) is 0 Å². The third-order valence-electron chi connectivity index (χ3n) is 4.17. The molecule has 0 aliphatic heterocycles. The van der Waals surface area contributed by atoms with Gasteiger partial charge in [0.15, 0.2) is 0 Å². The molecular weight excluding hydrogens is 246 g/mol. The summed E-state index contributed by atoms with van der Waals surface area (Å²) >= 11 is 0. The third-order valence-corrected chi connectivity index (χ3v) is 4.17. The average molecular weight is 269 g/mol. The summed E-state index contributed by atoms with van der Waals surface area (Å²) in [5.41, 5.74) is 4.70. The average Bonchev–Trinajstić information content (AvgIpc) is 3.07. The van der Waals surface area contributed by atoms with Crippen molar-refractivity contribution in [3.05, 3.63) is 41.3 Å². The highest BCUT2D eigenvalue weighted by atomic mass is 15.0. The van der Waals surface area contributed by atoms with Gasteiger partial charge in [0.1, 0.15) is 5.82 Å². The number of benzene rings is 1. The van der Waals surface area contributed by atoms with Crippen molar-refractivity contribution in [1.82, 2.24) is 15.3 Å². The molecule has 1 fully saturated rings. The Hall–Kier alpha value is -1.61. The van der Waals surface area contributed by atoms with Crippen LogP contribution in [-0.2, 0) is 6.54 Å². The summed E-state index contributed by atoms with van der Waals surface area (Å²) in [6.45, 7) is 5.05. The van der Waals surface area contributed by atoms with Crippen LogP contribution in [0.25, 0.3) is 11.3 Å². The summed E-state index contributed by atoms with van der Waals surface area (Å²) in [6, 6.07) is 9.25. The van der Waals surface area contributed by atoms with E-state index in [1.54, 1.807) is 0 Å². The van der Waals surface area contributed by atoms with Gasteiger partial charge in [-0.1, -0.05) is 42.7 Å². The Morgan fingerprint density at radius 2 is 1.85 bits per heavy atom. The summed E-state index contributed by atoms with van der Waals surface area (Å²) in [5.74, 6) is 1.05. The minimum absolute atomic E-state index is 0.684. The maximum absolute atomic E-state index is 4.75. The van der Waals surface area contributed by atoms with Gasteiger partial charge in [0, 0.05) is 17.3 Å². The van der Waals surface area contributed by atoms with Crippen LogP contribution < -0.4 is 5.32 Å². The van der Waals surface area contributed by atoms with Crippen molar-refractivity contribution in [2.24, 2.45) is 0 Å². The second-order valence-corrected chi connectivity index (χ2v) is 5.89. The molecule has 1 aromatic carbocycles. The van der Waals surface area contributed by atoms with Crippen molar-refractivity contribution in [1.29, 1.82) is 0 Å². The van der Waals surface area contributed by atoms with E-state index in [0.29, 0.717) is 6.04 Å². The van der Waals surface area contributed by atoms with Crippen molar-refractivity contribution < 1.29 is 0 Å². The molecule has 3 heteroatoms. The first-order valence-corrected chi connectivity index (χ1v) is 7.58. The predicted molar refractivity (Wildman–Crippen MR) is 82.6 cm³/mol. The van der Waals surface area contributed by atoms with Crippen molar-refractivity contribution in [3.8, 4) is 11.3 Å². The Kier molecular flexibility index (Phi) is 3.88. The van der Waals surface area contributed by atoms with Gasteiger partial charge in [-0.05, 0) is 26.7 Å². The van der Waals surface area contributed by atoms with Gasteiger partial charge in [-0.2, -0.15) is 0 Å². The van der Waals surface area contributed by atoms with Crippen LogP contribution in [0.4, 0.5) is 0 Å². The fraction of sp³-hybridized carbons (Fsp3) is 0.471. The highest BCUT2D eigenvalue weighted by Crippen LogP contribution is 2.22. The van der Waals surface area contributed by atoms with Crippen LogP contribution in [0.5, 0.6) is 0 Å². The Morgan fingerprint density at radius 3 is 2.55 bits per heavy atom. The second-order valence-electron chi connectivity index (χ2n) is 5.89. The molecule has 0 unspecified atom stereocenters. The number of aryl methyl sites for hydroxylation is 2. The third kappa shape index (κ3) is 2.93. The van der Waals surface area contributed by atoms with Gasteiger partial charge in [-0.3, -0.25) is 0 Å². The number of aromatic amines is 1. The number of nitrogens with zero attached hydrogens (tertiary/aromatic N) is 1. The van der Waals surface area contributed by atoms with Gasteiger partial charge in [0.25, 0.3) is 0 Å². The van der Waals surface area contributed by atoms with Crippen LogP contribution in [0.1, 0.15) is 42.8 Å². The van der Waals surface area contributed by atoms with Gasteiger partial charge in [0.05, 0.1) is 12.2 Å². The van der Waals surface area contributed by atoms with Gasteiger partial charge in [-0.25, -0.2) is 4.98 Å². The van der Waals surface area contributed by atoms with E-state index >= 15 is 0 Å². The minimum atomic E-state index is 0.684. The smallest absolute Gasteiger partial charge is 0.121 e. The highest BCUT2D eigenvalue weighted by Gasteiger charge is 2.15. The molecule has 106 valence electrons. The number of hydrogen-bond acceptors (Lipinski definition) is 2. The molecule has 0 amide bonds. The molecule has 2 aromatic rings. The zero-order chi connectivity index (χ0) is 13.9. The quantitative estimate of drug-likeness (QED) is 0.888. The number of H-pyrrole nitrogens is 1. The first kappa shape index (κ1) is 13.4. The molecule has 0 atom stereocenters. The maximum atomic E-state index is 4.75. The number of imidazole rings is 1. The van der Waals surface area contributed by atoms with E-state index in [-0.39, 0.29) is 0 Å². The maximum Gasteiger partial charge on any atom is 0.121 e. The first-order chi connectivity index (χ1) is 9.72. The number of hydrogen-bond donors (Lipinski definition) is 2. The van der Waals surface area contributed by atoms with Crippen LogP contribution in [0.3, 0.4) is 0 Å². The van der Waals surface area contributed by atoms with E-state index in [1.807, 2.05) is 0 Å². The number of nitrogens with one attached hydrogen (secondary N) is 2. The molecule has 0 spiro atoms. The largest absolute Gasteiger partial charge is 0.344 e. The molecule has 1 aliphatic rings. The normalized spacial score (nSPS) is 15.9. The summed E-state index contributed by atoms with van der Waals surface area (Å²) in [6.07, 6.45) is 5.35. The fourth-order valence-electron chi connectivity index (χ4n) is 2.97. The molecular formula is C17H23N3. The topological polar surface area (TPSA) is 40.7 Å². The molecule has 1 aliphatic carbocycles. The molecule has 3 rings (SSSR count). The van der Waals surface area contributed by atoms with Gasteiger partial charge in [0.2, 0.25) is 0 Å². The Labute approximate surface area is 120 Å². The molecule has 0 bridgehead atoms. The van der Waals surface area contributed by atoms with E-state index < -0.39 is 0 Å². The van der Waals surface area contributed by atoms with Crippen molar-refractivity contribution in [2.75, 3.05) is 0 Å². The lowest BCUT2D eigenvalue weighted by Gasteiger charge is -2.09. The summed E-state index contributed by atoms with van der Waals surface area (Å²) < 4.78 is 0. The zero-order valence-corrected chi connectivity index (χ0v) is 12.4. The lowest BCUT2D eigenvalue weighted by atomic mass is 10.1. The van der Waals surface area contributed by atoms with E-state index in [0.717, 1.165) is 23.8 Å². The monoisotopic (exact) mass is 269 g/mol. The van der Waals surface area contributed by atoms with E-state index in [1.165, 1.54) is 36.8 Å². The second kappa shape index (κ2) is 5.80. The van der Waals surface area contributed by atoms with Crippen molar-refractivity contribution >= 4 is 0 Å². The van der Waals surface area contributed by atoms with Crippen LogP contribution in [0, 0.1) is 13.8 Å². The lowest BCUT2D eigenvalue weighted by molar-refractivity contribution is 0.515. The van der Waals surface area contributed by atoms with E-state index in [4.69, 9.17) is 4.98 Å². The summed E-state index contributed by atoms with van der Waals surface area (Å²) in [7, 11) is 0. The minimum Gasteiger partial charge on any atom is -0.344 e. The fourth-order valence-corrected chi connectivity index (χ4v) is 2.97. The molecule has 0 saturated heterocycles. The van der Waals surface area contributed by atoms with E-state index in [2.05, 4.69) is 48.4 Å². The van der Waals surface area contributed by atoms with Gasteiger partial charge >= 0.3 is 0 Å². The lowest BCUT2D eigenvalue weighted by Crippen LogP contribution is -2.25. The first-order valence-electron chi connectivity index (χ1n) is 7.58. The Balaban J connectivity index is 1.71. The molecule has 3 nitrogen and oxygen atoms in total. The molecule has 2 N–H and O–H groups in total. The summed E-state index contributed by atoms with van der Waals surface area (Å²) in [4.78, 5) is 8.16. The van der Waals surface area contributed by atoms with Gasteiger partial charge < -0.3 is 10.3 Å². The van der Waals surface area contributed by atoms with Crippen LogP contribution in [0.15, 0.2) is 24.3 Å². The molecule has 0 radical (unpaired) electrons. The van der Waals surface area contributed by atoms with Gasteiger partial charge in [-0.15, -0.1) is 0 Å². The van der Waals surface area contributed by atoms with Crippen LogP contribution in [-0.4, -0.2) is 16.0 Å². The Morgan fingerprint density at radius 1 is 1.15 bits per heavy atom. The Bertz CT molecular complexity index is 562. The zero-order valence-electron chi connectivity index (χ0n) is 12.4. The standard InChI is InChI=1S/C17H23N3/c1-12-7-9-14(10-8-12)17-13(2)19-16(20-17)11-18-15-5-3-4-6-15/h7-10,15,18H,3-6,11H2,1-2H3,(H,19,20). The van der Waals surface area contributed by atoms with Crippen LogP contribution >= 0.6 is 0 Å². The number of aromatic nitrogens is 2. The van der Waals surface area contributed by atoms with Crippen molar-refractivity contribution in [2.45, 2.75) is 52.1 Å². The molecule has 1 saturated carbocycles. The van der Waals surface area contributed by atoms with Crippen LogP contribution in [0.2, 0.25) is 0 Å². The SMILES string of the molecule is Cc1ccc(-c2nc(CNC3CCCC3)[nH]c2C)cc1.